The van der Waals surface area contributed by atoms with Crippen LogP contribution in [0.2, 0.25) is 0 Å². The first-order valence-corrected chi connectivity index (χ1v) is 6.29. The summed E-state index contributed by atoms with van der Waals surface area (Å²) in [6.45, 7) is 4.06. The first-order valence-electron chi connectivity index (χ1n) is 6.29. The average molecular weight is 264 g/mol. The zero-order chi connectivity index (χ0) is 13.8. The lowest BCUT2D eigenvalue weighted by molar-refractivity contribution is 0.399. The van der Waals surface area contributed by atoms with Crippen LogP contribution in [0.3, 0.4) is 0 Å². The molecule has 1 aromatic carbocycles. The van der Waals surface area contributed by atoms with Gasteiger partial charge in [0.2, 0.25) is 5.82 Å². The Labute approximate surface area is 111 Å². The molecule has 0 aliphatic heterocycles. The van der Waals surface area contributed by atoms with E-state index in [0.717, 1.165) is 12.8 Å². The van der Waals surface area contributed by atoms with Crippen molar-refractivity contribution in [2.75, 3.05) is 7.11 Å². The van der Waals surface area contributed by atoms with Crippen molar-refractivity contribution in [2.24, 2.45) is 0 Å². The number of aromatic amines is 1. The number of nitrogens with zero attached hydrogens (tertiary/aromatic N) is 3. The van der Waals surface area contributed by atoms with E-state index in [2.05, 4.69) is 27.5 Å². The van der Waals surface area contributed by atoms with Crippen LogP contribution < -0.4 is 4.74 Å². The van der Waals surface area contributed by atoms with Crippen molar-refractivity contribution in [1.29, 1.82) is 0 Å². The third kappa shape index (κ3) is 2.57. The van der Waals surface area contributed by atoms with Crippen molar-refractivity contribution >= 4 is 0 Å². The van der Waals surface area contributed by atoms with Gasteiger partial charge in [-0.05, 0) is 29.7 Å². The normalized spacial score (nSPS) is 12.4. The molecule has 1 aromatic heterocycles. The topological polar surface area (TPSA) is 63.7 Å². The second-order valence-corrected chi connectivity index (χ2v) is 4.47. The molecule has 0 saturated heterocycles. The summed E-state index contributed by atoms with van der Waals surface area (Å²) in [5.41, 5.74) is 1.22. The highest BCUT2D eigenvalue weighted by Gasteiger charge is 2.21. The van der Waals surface area contributed by atoms with Crippen LogP contribution in [0, 0.1) is 5.82 Å². The lowest BCUT2D eigenvalue weighted by Crippen LogP contribution is -2.03. The van der Waals surface area contributed by atoms with Gasteiger partial charge in [-0.3, -0.25) is 0 Å². The van der Waals surface area contributed by atoms with Crippen LogP contribution in [0.15, 0.2) is 12.1 Å². The van der Waals surface area contributed by atoms with Gasteiger partial charge in [-0.1, -0.05) is 20.3 Å². The number of ether oxygens (including phenoxy) is 1. The van der Waals surface area contributed by atoms with Crippen LogP contribution in [-0.2, 0) is 0 Å². The lowest BCUT2D eigenvalue weighted by atomic mass is 9.93. The van der Waals surface area contributed by atoms with Gasteiger partial charge in [0.05, 0.1) is 12.7 Å². The van der Waals surface area contributed by atoms with Crippen LogP contribution in [0.1, 0.15) is 38.2 Å². The number of methoxy groups -OCH3 is 1. The van der Waals surface area contributed by atoms with Crippen LogP contribution in [0.4, 0.5) is 4.39 Å². The molecular formula is C13H17FN4O. The number of benzene rings is 1. The minimum Gasteiger partial charge on any atom is -0.496 e. The van der Waals surface area contributed by atoms with Gasteiger partial charge in [-0.2, -0.15) is 5.21 Å². The maximum absolute atomic E-state index is 14.1. The number of tetrazole rings is 1. The molecule has 1 N–H and O–H groups in total. The molecule has 0 fully saturated rings. The smallest absolute Gasteiger partial charge is 0.208 e. The Kier molecular flexibility index (Phi) is 4.09. The van der Waals surface area contributed by atoms with Crippen LogP contribution in [0.5, 0.6) is 5.75 Å². The predicted octanol–water partition coefficient (Wildman–Crippen LogP) is 2.92. The predicted molar refractivity (Wildman–Crippen MR) is 69.4 cm³/mol. The molecule has 0 bridgehead atoms. The average Bonchev–Trinajstić information content (AvgIpc) is 2.92. The highest BCUT2D eigenvalue weighted by Crippen LogP contribution is 2.38. The third-order valence-electron chi connectivity index (χ3n) is 3.15. The fourth-order valence-corrected chi connectivity index (χ4v) is 2.28. The Balaban J connectivity index is 2.56. The molecule has 0 aliphatic carbocycles. The van der Waals surface area contributed by atoms with Gasteiger partial charge in [0, 0.05) is 5.56 Å². The van der Waals surface area contributed by atoms with E-state index < -0.39 is 0 Å². The number of hydrogen-bond acceptors (Lipinski definition) is 4. The van der Waals surface area contributed by atoms with Crippen LogP contribution in [0.25, 0.3) is 11.4 Å². The molecule has 102 valence electrons. The van der Waals surface area contributed by atoms with E-state index in [1.165, 1.54) is 13.2 Å². The van der Waals surface area contributed by atoms with E-state index in [9.17, 15) is 4.39 Å². The third-order valence-corrected chi connectivity index (χ3v) is 3.15. The largest absolute Gasteiger partial charge is 0.496 e. The fraction of sp³-hybridized carbons (Fsp3) is 0.462. The standard InChI is InChI=1S/C13H17FN4O/c1-4-5-8(2)11-10(14)7-6-9(12(11)19-3)13-15-17-18-16-13/h6-8H,4-5H2,1-3H3,(H,15,16,17,18). The van der Waals surface area contributed by atoms with Gasteiger partial charge < -0.3 is 4.74 Å². The molecule has 2 rings (SSSR count). The van der Waals surface area contributed by atoms with E-state index in [4.69, 9.17) is 4.74 Å². The second-order valence-electron chi connectivity index (χ2n) is 4.47. The molecule has 6 heteroatoms. The molecule has 1 atom stereocenters. The van der Waals surface area contributed by atoms with Crippen molar-refractivity contribution in [2.45, 2.75) is 32.6 Å². The molecule has 0 aliphatic rings. The van der Waals surface area contributed by atoms with Gasteiger partial charge in [0.15, 0.2) is 0 Å². The number of rotatable bonds is 5. The Morgan fingerprint density at radius 1 is 1.42 bits per heavy atom. The summed E-state index contributed by atoms with van der Waals surface area (Å²) >= 11 is 0. The number of halogens is 1. The molecule has 2 aromatic rings. The fourth-order valence-electron chi connectivity index (χ4n) is 2.28. The molecule has 0 radical (unpaired) electrons. The summed E-state index contributed by atoms with van der Waals surface area (Å²) in [6, 6.07) is 3.04. The van der Waals surface area contributed by atoms with Crippen molar-refractivity contribution < 1.29 is 9.13 Å². The number of aromatic nitrogens is 4. The Morgan fingerprint density at radius 2 is 2.21 bits per heavy atom. The number of H-pyrrole nitrogens is 1. The summed E-state index contributed by atoms with van der Waals surface area (Å²) < 4.78 is 19.5. The van der Waals surface area contributed by atoms with E-state index in [-0.39, 0.29) is 11.7 Å². The zero-order valence-corrected chi connectivity index (χ0v) is 11.3. The van der Waals surface area contributed by atoms with Gasteiger partial charge in [0.1, 0.15) is 11.6 Å². The maximum atomic E-state index is 14.1. The van der Waals surface area contributed by atoms with E-state index in [0.29, 0.717) is 22.7 Å². The quantitative estimate of drug-likeness (QED) is 0.901. The summed E-state index contributed by atoms with van der Waals surface area (Å²) in [7, 11) is 1.53. The van der Waals surface area contributed by atoms with Crippen molar-refractivity contribution in [3.8, 4) is 17.1 Å². The minimum absolute atomic E-state index is 0.0757. The van der Waals surface area contributed by atoms with Gasteiger partial charge >= 0.3 is 0 Å². The Bertz CT molecular complexity index is 542. The molecule has 1 heterocycles. The lowest BCUT2D eigenvalue weighted by Gasteiger charge is -2.17. The molecule has 1 unspecified atom stereocenters. The molecule has 19 heavy (non-hydrogen) atoms. The highest BCUT2D eigenvalue weighted by atomic mass is 19.1. The van der Waals surface area contributed by atoms with Crippen LogP contribution in [-0.4, -0.2) is 27.7 Å². The molecule has 0 spiro atoms. The summed E-state index contributed by atoms with van der Waals surface area (Å²) in [6.07, 6.45) is 1.87. The highest BCUT2D eigenvalue weighted by molar-refractivity contribution is 5.66. The van der Waals surface area contributed by atoms with E-state index in [1.54, 1.807) is 6.07 Å². The summed E-state index contributed by atoms with van der Waals surface area (Å²) in [5.74, 6) is 0.709. The van der Waals surface area contributed by atoms with Crippen molar-refractivity contribution in [3.63, 3.8) is 0 Å². The first-order chi connectivity index (χ1) is 9.19. The van der Waals surface area contributed by atoms with Crippen molar-refractivity contribution in [1.82, 2.24) is 20.6 Å². The summed E-state index contributed by atoms with van der Waals surface area (Å²) in [4.78, 5) is 0. The van der Waals surface area contributed by atoms with E-state index in [1.807, 2.05) is 6.92 Å². The number of hydrogen-bond donors (Lipinski definition) is 1. The van der Waals surface area contributed by atoms with Crippen LogP contribution >= 0.6 is 0 Å². The number of nitrogens with one attached hydrogen (secondary N) is 1. The minimum atomic E-state index is -0.259. The monoisotopic (exact) mass is 264 g/mol. The van der Waals surface area contributed by atoms with E-state index >= 15 is 0 Å². The van der Waals surface area contributed by atoms with Gasteiger partial charge in [-0.15, -0.1) is 10.2 Å². The Hall–Kier alpha value is -1.98. The van der Waals surface area contributed by atoms with Gasteiger partial charge in [-0.25, -0.2) is 4.39 Å². The molecule has 0 amide bonds. The SMILES string of the molecule is CCCC(C)c1c(F)ccc(-c2nn[nH]n2)c1OC. The maximum Gasteiger partial charge on any atom is 0.208 e. The zero-order valence-electron chi connectivity index (χ0n) is 11.3. The first kappa shape index (κ1) is 13.5. The molecule has 0 saturated carbocycles. The second kappa shape index (κ2) is 5.77. The molecule has 5 nitrogen and oxygen atoms in total. The summed E-state index contributed by atoms with van der Waals surface area (Å²) in [5, 5.41) is 13.8. The van der Waals surface area contributed by atoms with Gasteiger partial charge in [0.25, 0.3) is 0 Å². The Morgan fingerprint density at radius 3 is 2.79 bits per heavy atom. The molecular weight excluding hydrogens is 247 g/mol. The van der Waals surface area contributed by atoms with Crippen molar-refractivity contribution in [3.05, 3.63) is 23.5 Å².